The van der Waals surface area contributed by atoms with E-state index in [2.05, 4.69) is 33.3 Å². The lowest BCUT2D eigenvalue weighted by Gasteiger charge is -2.26. The molecule has 114 valence electrons. The van der Waals surface area contributed by atoms with Crippen molar-refractivity contribution in [3.05, 3.63) is 24.5 Å². The number of imidazole rings is 1. The van der Waals surface area contributed by atoms with Crippen molar-refractivity contribution in [2.75, 3.05) is 32.8 Å². The number of hydrogen-bond donors (Lipinski definition) is 0. The number of oxazole rings is 1. The molecule has 1 aliphatic rings. The Morgan fingerprint density at radius 3 is 2.76 bits per heavy atom. The maximum Gasteiger partial charge on any atom is 0.197 e. The Labute approximate surface area is 124 Å². The highest BCUT2D eigenvalue weighted by atomic mass is 16.5. The van der Waals surface area contributed by atoms with Gasteiger partial charge in [0.15, 0.2) is 11.7 Å². The van der Waals surface area contributed by atoms with Gasteiger partial charge in [-0.2, -0.15) is 0 Å². The van der Waals surface area contributed by atoms with Gasteiger partial charge >= 0.3 is 0 Å². The third kappa shape index (κ3) is 3.33. The summed E-state index contributed by atoms with van der Waals surface area (Å²) >= 11 is 0. The third-order valence-corrected chi connectivity index (χ3v) is 3.72. The summed E-state index contributed by atoms with van der Waals surface area (Å²) < 4.78 is 13.0. The molecule has 0 amide bonds. The van der Waals surface area contributed by atoms with Gasteiger partial charge in [-0.15, -0.1) is 0 Å². The lowest BCUT2D eigenvalue weighted by molar-refractivity contribution is 0.0364. The van der Waals surface area contributed by atoms with Crippen LogP contribution in [0.1, 0.15) is 25.7 Å². The molecular weight excluding hydrogens is 268 g/mol. The van der Waals surface area contributed by atoms with Crippen molar-refractivity contribution in [1.29, 1.82) is 0 Å². The van der Waals surface area contributed by atoms with Crippen LogP contribution in [0.2, 0.25) is 0 Å². The minimum absolute atomic E-state index is 0.288. The molecule has 3 rings (SSSR count). The summed E-state index contributed by atoms with van der Waals surface area (Å²) in [6.45, 7) is 9.72. The number of nitrogens with zero attached hydrogens (tertiary/aromatic N) is 4. The van der Waals surface area contributed by atoms with Crippen LogP contribution in [-0.4, -0.2) is 52.3 Å². The van der Waals surface area contributed by atoms with E-state index in [-0.39, 0.29) is 5.92 Å². The zero-order valence-electron chi connectivity index (χ0n) is 12.7. The van der Waals surface area contributed by atoms with Gasteiger partial charge in [-0.3, -0.25) is 4.90 Å². The summed E-state index contributed by atoms with van der Waals surface area (Å²) in [5.74, 6) is 1.92. The van der Waals surface area contributed by atoms with E-state index in [9.17, 15) is 0 Å². The third-order valence-electron chi connectivity index (χ3n) is 3.72. The maximum absolute atomic E-state index is 5.51. The molecule has 0 radical (unpaired) electrons. The highest BCUT2D eigenvalue weighted by molar-refractivity contribution is 5.47. The van der Waals surface area contributed by atoms with Crippen LogP contribution in [0, 0.1) is 0 Å². The van der Waals surface area contributed by atoms with Gasteiger partial charge < -0.3 is 13.7 Å². The van der Waals surface area contributed by atoms with E-state index in [1.165, 1.54) is 0 Å². The molecule has 21 heavy (non-hydrogen) atoms. The zero-order valence-corrected chi connectivity index (χ0v) is 12.7. The van der Waals surface area contributed by atoms with E-state index < -0.39 is 0 Å². The van der Waals surface area contributed by atoms with Crippen LogP contribution in [0.5, 0.6) is 0 Å². The Bertz CT molecular complexity index is 570. The second-order valence-electron chi connectivity index (χ2n) is 5.62. The van der Waals surface area contributed by atoms with Gasteiger partial charge in [-0.25, -0.2) is 9.97 Å². The van der Waals surface area contributed by atoms with Crippen molar-refractivity contribution >= 4 is 0 Å². The first kappa shape index (κ1) is 14.3. The van der Waals surface area contributed by atoms with Crippen LogP contribution < -0.4 is 0 Å². The summed E-state index contributed by atoms with van der Waals surface area (Å²) in [5.41, 5.74) is 0.811. The predicted molar refractivity (Wildman–Crippen MR) is 79.1 cm³/mol. The SMILES string of the molecule is CC(C)c1nc(-c2nccn2CCN2CCOCC2)co1. The molecule has 0 saturated carbocycles. The minimum atomic E-state index is 0.288. The highest BCUT2D eigenvalue weighted by Crippen LogP contribution is 2.20. The second kappa shape index (κ2) is 6.41. The molecule has 0 spiro atoms. The Morgan fingerprint density at radius 2 is 2.05 bits per heavy atom. The second-order valence-corrected chi connectivity index (χ2v) is 5.62. The number of morpholine rings is 1. The molecule has 0 bridgehead atoms. The summed E-state index contributed by atoms with van der Waals surface area (Å²) in [6, 6.07) is 0. The lowest BCUT2D eigenvalue weighted by Crippen LogP contribution is -2.38. The number of aromatic nitrogens is 3. The standard InChI is InChI=1S/C15H22N4O2/c1-12(2)15-17-13(11-21-15)14-16-3-4-19(14)6-5-18-7-9-20-10-8-18/h3-4,11-12H,5-10H2,1-2H3. The fourth-order valence-corrected chi connectivity index (χ4v) is 2.45. The van der Waals surface area contributed by atoms with Crippen LogP contribution in [0.25, 0.3) is 11.5 Å². The van der Waals surface area contributed by atoms with Gasteiger partial charge in [0, 0.05) is 44.5 Å². The molecule has 6 nitrogen and oxygen atoms in total. The highest BCUT2D eigenvalue weighted by Gasteiger charge is 2.15. The summed E-state index contributed by atoms with van der Waals surface area (Å²) in [7, 11) is 0. The quantitative estimate of drug-likeness (QED) is 0.843. The number of rotatable bonds is 5. The molecule has 0 N–H and O–H groups in total. The van der Waals surface area contributed by atoms with E-state index in [1.54, 1.807) is 6.26 Å². The topological polar surface area (TPSA) is 56.3 Å². The van der Waals surface area contributed by atoms with Gasteiger partial charge in [-0.05, 0) is 0 Å². The molecular formula is C15H22N4O2. The van der Waals surface area contributed by atoms with E-state index >= 15 is 0 Å². The summed E-state index contributed by atoms with van der Waals surface area (Å²) in [4.78, 5) is 11.4. The van der Waals surface area contributed by atoms with E-state index in [1.807, 2.05) is 12.4 Å². The smallest absolute Gasteiger partial charge is 0.197 e. The van der Waals surface area contributed by atoms with Crippen LogP contribution in [-0.2, 0) is 11.3 Å². The van der Waals surface area contributed by atoms with Crippen molar-refractivity contribution in [1.82, 2.24) is 19.4 Å². The van der Waals surface area contributed by atoms with Gasteiger partial charge in [0.2, 0.25) is 0 Å². The Kier molecular flexibility index (Phi) is 4.36. The molecule has 0 aromatic carbocycles. The van der Waals surface area contributed by atoms with Crippen molar-refractivity contribution in [2.45, 2.75) is 26.3 Å². The lowest BCUT2D eigenvalue weighted by atomic mass is 10.2. The summed E-state index contributed by atoms with van der Waals surface area (Å²) in [5, 5.41) is 0. The largest absolute Gasteiger partial charge is 0.448 e. The monoisotopic (exact) mass is 290 g/mol. The van der Waals surface area contributed by atoms with Crippen molar-refractivity contribution < 1.29 is 9.15 Å². The Balaban J connectivity index is 1.68. The summed E-state index contributed by atoms with van der Waals surface area (Å²) in [6.07, 6.45) is 5.51. The first-order chi connectivity index (χ1) is 10.2. The van der Waals surface area contributed by atoms with E-state index in [0.29, 0.717) is 0 Å². The zero-order chi connectivity index (χ0) is 14.7. The molecule has 1 fully saturated rings. The number of ether oxygens (including phenoxy) is 1. The molecule has 0 aliphatic carbocycles. The van der Waals surface area contributed by atoms with E-state index in [4.69, 9.17) is 9.15 Å². The first-order valence-corrected chi connectivity index (χ1v) is 7.51. The van der Waals surface area contributed by atoms with Gasteiger partial charge in [0.25, 0.3) is 0 Å². The minimum Gasteiger partial charge on any atom is -0.448 e. The predicted octanol–water partition coefficient (Wildman–Crippen LogP) is 1.99. The molecule has 6 heteroatoms. The molecule has 0 atom stereocenters. The van der Waals surface area contributed by atoms with Crippen molar-refractivity contribution in [2.24, 2.45) is 0 Å². The number of hydrogen-bond acceptors (Lipinski definition) is 5. The molecule has 2 aromatic heterocycles. The Hall–Kier alpha value is -1.66. The average Bonchev–Trinajstić information content (AvgIpc) is 3.15. The molecule has 3 heterocycles. The maximum atomic E-state index is 5.51. The van der Waals surface area contributed by atoms with Crippen LogP contribution in [0.3, 0.4) is 0 Å². The van der Waals surface area contributed by atoms with Gasteiger partial charge in [0.1, 0.15) is 12.0 Å². The molecule has 2 aromatic rings. The normalized spacial score (nSPS) is 16.7. The van der Waals surface area contributed by atoms with Crippen molar-refractivity contribution in [3.63, 3.8) is 0 Å². The average molecular weight is 290 g/mol. The Morgan fingerprint density at radius 1 is 1.24 bits per heavy atom. The van der Waals surface area contributed by atoms with E-state index in [0.717, 1.165) is 56.8 Å². The van der Waals surface area contributed by atoms with Gasteiger partial charge in [0.05, 0.1) is 13.2 Å². The van der Waals surface area contributed by atoms with Crippen molar-refractivity contribution in [3.8, 4) is 11.5 Å². The fourth-order valence-electron chi connectivity index (χ4n) is 2.45. The molecule has 0 unspecified atom stereocenters. The first-order valence-electron chi connectivity index (χ1n) is 7.51. The van der Waals surface area contributed by atoms with Crippen LogP contribution in [0.4, 0.5) is 0 Å². The molecule has 1 saturated heterocycles. The van der Waals surface area contributed by atoms with Crippen LogP contribution in [0.15, 0.2) is 23.1 Å². The molecule has 1 aliphatic heterocycles. The fraction of sp³-hybridized carbons (Fsp3) is 0.600. The van der Waals surface area contributed by atoms with Crippen LogP contribution >= 0.6 is 0 Å². The van der Waals surface area contributed by atoms with Gasteiger partial charge in [-0.1, -0.05) is 13.8 Å².